The second-order valence-electron chi connectivity index (χ2n) is 4.75. The van der Waals surface area contributed by atoms with Gasteiger partial charge in [0.15, 0.2) is 0 Å². The van der Waals surface area contributed by atoms with E-state index in [4.69, 9.17) is 4.74 Å². The second kappa shape index (κ2) is 4.41. The van der Waals surface area contributed by atoms with Crippen LogP contribution in [0.5, 0.6) is 5.88 Å². The summed E-state index contributed by atoms with van der Waals surface area (Å²) in [5.41, 5.74) is 1.93. The summed E-state index contributed by atoms with van der Waals surface area (Å²) in [5.74, 6) is 0.515. The highest BCUT2D eigenvalue weighted by molar-refractivity contribution is 7.13. The van der Waals surface area contributed by atoms with Crippen LogP contribution in [0.15, 0.2) is 17.5 Å². The van der Waals surface area contributed by atoms with E-state index in [2.05, 4.69) is 41.3 Å². The van der Waals surface area contributed by atoms with Crippen LogP contribution in [0, 0.1) is 0 Å². The Balaban J connectivity index is 2.30. The Bertz CT molecular complexity index is 499. The molecule has 0 unspecified atom stereocenters. The van der Waals surface area contributed by atoms with Gasteiger partial charge in [0.2, 0.25) is 5.88 Å². The van der Waals surface area contributed by atoms with Crippen molar-refractivity contribution in [1.29, 1.82) is 0 Å². The van der Waals surface area contributed by atoms with E-state index in [-0.39, 0.29) is 5.41 Å². The normalized spacial score (nSPS) is 11.5. The molecule has 17 heavy (non-hydrogen) atoms. The monoisotopic (exact) mass is 249 g/mol. The first-order valence-electron chi connectivity index (χ1n) is 5.35. The molecule has 2 heterocycles. The Kier molecular flexibility index (Phi) is 3.11. The summed E-state index contributed by atoms with van der Waals surface area (Å²) in [6, 6.07) is 3.66. The number of methoxy groups -OCH3 is 1. The molecule has 0 spiro atoms. The van der Waals surface area contributed by atoms with Crippen LogP contribution < -0.4 is 4.74 Å². The number of ether oxygens (including phenoxy) is 1. The quantitative estimate of drug-likeness (QED) is 0.821. The van der Waals surface area contributed by atoms with Gasteiger partial charge in [-0.2, -0.15) is 0 Å². The third-order valence-corrected chi connectivity index (χ3v) is 3.21. The number of aromatic nitrogens is 3. The Labute approximate surface area is 105 Å². The van der Waals surface area contributed by atoms with Crippen molar-refractivity contribution in [2.75, 3.05) is 7.11 Å². The fourth-order valence-corrected chi connectivity index (χ4v) is 2.29. The van der Waals surface area contributed by atoms with Crippen LogP contribution in [-0.2, 0) is 5.41 Å². The zero-order valence-corrected chi connectivity index (χ0v) is 11.2. The van der Waals surface area contributed by atoms with Crippen molar-refractivity contribution >= 4 is 11.3 Å². The third-order valence-electron chi connectivity index (χ3n) is 2.34. The molecule has 0 atom stereocenters. The lowest BCUT2D eigenvalue weighted by Crippen LogP contribution is -2.11. The van der Waals surface area contributed by atoms with E-state index in [9.17, 15) is 0 Å². The molecule has 0 saturated carbocycles. The van der Waals surface area contributed by atoms with Crippen LogP contribution in [0.1, 0.15) is 26.5 Å². The van der Waals surface area contributed by atoms with Crippen molar-refractivity contribution in [3.8, 4) is 16.6 Å². The molecule has 0 fully saturated rings. The van der Waals surface area contributed by atoms with E-state index in [1.165, 1.54) is 0 Å². The maximum Gasteiger partial charge on any atom is 0.233 e. The standard InChI is InChI=1S/C12H15N3OS/c1-12(2,3)9-7-17-11(13-9)8-5-6-10(16-4)15-14-8/h5-7H,1-4H3. The maximum atomic E-state index is 4.97. The number of thiazole rings is 1. The second-order valence-corrected chi connectivity index (χ2v) is 5.61. The first-order valence-corrected chi connectivity index (χ1v) is 6.23. The van der Waals surface area contributed by atoms with E-state index in [1.54, 1.807) is 24.5 Å². The van der Waals surface area contributed by atoms with Crippen LogP contribution in [0.25, 0.3) is 10.7 Å². The lowest BCUT2D eigenvalue weighted by molar-refractivity contribution is 0.392. The summed E-state index contributed by atoms with van der Waals surface area (Å²) in [6.45, 7) is 6.43. The van der Waals surface area contributed by atoms with E-state index < -0.39 is 0 Å². The van der Waals surface area contributed by atoms with Gasteiger partial charge in [0.25, 0.3) is 0 Å². The first-order chi connectivity index (χ1) is 8.00. The molecule has 0 aliphatic rings. The van der Waals surface area contributed by atoms with Gasteiger partial charge in [0.05, 0.1) is 12.8 Å². The topological polar surface area (TPSA) is 47.9 Å². The molecule has 2 rings (SSSR count). The van der Waals surface area contributed by atoms with E-state index >= 15 is 0 Å². The molecule has 0 N–H and O–H groups in total. The average Bonchev–Trinajstić information content (AvgIpc) is 2.78. The summed E-state index contributed by atoms with van der Waals surface area (Å²) in [6.07, 6.45) is 0. The summed E-state index contributed by atoms with van der Waals surface area (Å²) < 4.78 is 4.97. The molecule has 0 radical (unpaired) electrons. The van der Waals surface area contributed by atoms with Crippen molar-refractivity contribution in [3.63, 3.8) is 0 Å². The predicted molar refractivity (Wildman–Crippen MR) is 68.4 cm³/mol. The SMILES string of the molecule is COc1ccc(-c2nc(C(C)(C)C)cs2)nn1. The first kappa shape index (κ1) is 12.0. The zero-order valence-electron chi connectivity index (χ0n) is 10.4. The van der Waals surface area contributed by atoms with Crippen molar-refractivity contribution in [3.05, 3.63) is 23.2 Å². The Morgan fingerprint density at radius 2 is 1.94 bits per heavy atom. The van der Waals surface area contributed by atoms with Gasteiger partial charge >= 0.3 is 0 Å². The molecule has 5 heteroatoms. The lowest BCUT2D eigenvalue weighted by Gasteiger charge is -2.14. The summed E-state index contributed by atoms with van der Waals surface area (Å²) >= 11 is 1.59. The summed E-state index contributed by atoms with van der Waals surface area (Å²) in [7, 11) is 1.57. The Hall–Kier alpha value is -1.49. The van der Waals surface area contributed by atoms with Gasteiger partial charge in [0.1, 0.15) is 10.7 Å². The van der Waals surface area contributed by atoms with Gasteiger partial charge in [-0.25, -0.2) is 4.98 Å². The molecule has 2 aromatic heterocycles. The van der Waals surface area contributed by atoms with Gasteiger partial charge in [-0.15, -0.1) is 21.5 Å². The van der Waals surface area contributed by atoms with Gasteiger partial charge in [0, 0.05) is 16.9 Å². The van der Waals surface area contributed by atoms with Crippen molar-refractivity contribution in [1.82, 2.24) is 15.2 Å². The highest BCUT2D eigenvalue weighted by Gasteiger charge is 2.18. The maximum absolute atomic E-state index is 4.97. The molecule has 0 aliphatic carbocycles. The minimum absolute atomic E-state index is 0.0641. The van der Waals surface area contributed by atoms with Gasteiger partial charge in [-0.3, -0.25) is 0 Å². The van der Waals surface area contributed by atoms with E-state index in [0.717, 1.165) is 16.4 Å². The fourth-order valence-electron chi connectivity index (χ4n) is 1.28. The van der Waals surface area contributed by atoms with Crippen LogP contribution in [0.4, 0.5) is 0 Å². The van der Waals surface area contributed by atoms with Crippen molar-refractivity contribution in [2.24, 2.45) is 0 Å². The lowest BCUT2D eigenvalue weighted by atomic mass is 9.93. The van der Waals surface area contributed by atoms with E-state index in [0.29, 0.717) is 5.88 Å². The molecular weight excluding hydrogens is 234 g/mol. The Morgan fingerprint density at radius 1 is 1.18 bits per heavy atom. The van der Waals surface area contributed by atoms with Crippen LogP contribution >= 0.6 is 11.3 Å². The Morgan fingerprint density at radius 3 is 2.41 bits per heavy atom. The molecular formula is C12H15N3OS. The van der Waals surface area contributed by atoms with Gasteiger partial charge in [-0.1, -0.05) is 20.8 Å². The molecule has 0 aliphatic heterocycles. The van der Waals surface area contributed by atoms with Gasteiger partial charge < -0.3 is 4.74 Å². The summed E-state index contributed by atoms with van der Waals surface area (Å²) in [4.78, 5) is 4.58. The van der Waals surface area contributed by atoms with Crippen LogP contribution in [-0.4, -0.2) is 22.3 Å². The summed E-state index contributed by atoms with van der Waals surface area (Å²) in [5, 5.41) is 11.0. The molecule has 0 amide bonds. The largest absolute Gasteiger partial charge is 0.480 e. The van der Waals surface area contributed by atoms with Crippen molar-refractivity contribution in [2.45, 2.75) is 26.2 Å². The number of nitrogens with zero attached hydrogens (tertiary/aromatic N) is 3. The number of hydrogen-bond acceptors (Lipinski definition) is 5. The number of rotatable bonds is 2. The molecule has 0 bridgehead atoms. The average molecular weight is 249 g/mol. The van der Waals surface area contributed by atoms with Crippen molar-refractivity contribution < 1.29 is 4.74 Å². The number of hydrogen-bond donors (Lipinski definition) is 0. The van der Waals surface area contributed by atoms with Crippen LogP contribution in [0.2, 0.25) is 0 Å². The molecule has 0 saturated heterocycles. The molecule has 2 aromatic rings. The third kappa shape index (κ3) is 2.61. The minimum Gasteiger partial charge on any atom is -0.480 e. The molecule has 4 nitrogen and oxygen atoms in total. The van der Waals surface area contributed by atoms with Crippen LogP contribution in [0.3, 0.4) is 0 Å². The fraction of sp³-hybridized carbons (Fsp3) is 0.417. The zero-order chi connectivity index (χ0) is 12.5. The minimum atomic E-state index is 0.0641. The highest BCUT2D eigenvalue weighted by Crippen LogP contribution is 2.28. The highest BCUT2D eigenvalue weighted by atomic mass is 32.1. The smallest absolute Gasteiger partial charge is 0.233 e. The predicted octanol–water partition coefficient (Wildman–Crippen LogP) is 2.91. The molecule has 90 valence electrons. The molecule has 0 aromatic carbocycles. The van der Waals surface area contributed by atoms with E-state index in [1.807, 2.05) is 6.07 Å². The van der Waals surface area contributed by atoms with Gasteiger partial charge in [-0.05, 0) is 6.07 Å².